The second-order valence-corrected chi connectivity index (χ2v) is 8.48. The highest BCUT2D eigenvalue weighted by atomic mass is 79.9. The minimum absolute atomic E-state index is 0.305. The van der Waals surface area contributed by atoms with Gasteiger partial charge in [-0.15, -0.1) is 11.3 Å². The lowest BCUT2D eigenvalue weighted by molar-refractivity contribution is 0.290. The Bertz CT molecular complexity index is 427. The number of nitrogens with zero attached hydrogens (tertiary/aromatic N) is 1. The fourth-order valence-corrected chi connectivity index (χ4v) is 4.37. The molecule has 0 N–H and O–H groups in total. The normalized spacial score (nSPS) is 21.7. The van der Waals surface area contributed by atoms with Crippen molar-refractivity contribution in [2.24, 2.45) is 0 Å². The molecular weight excluding hydrogens is 298 g/mol. The number of hydrogen-bond donors (Lipinski definition) is 0. The molecule has 1 aromatic heterocycles. The van der Waals surface area contributed by atoms with Crippen molar-refractivity contribution in [3.8, 4) is 0 Å². The van der Waals surface area contributed by atoms with E-state index in [-0.39, 0.29) is 0 Å². The van der Waals surface area contributed by atoms with Gasteiger partial charge in [0, 0.05) is 24.5 Å². The van der Waals surface area contributed by atoms with Crippen molar-refractivity contribution >= 4 is 37.1 Å². The van der Waals surface area contributed by atoms with E-state index in [1.54, 1.807) is 11.3 Å². The van der Waals surface area contributed by atoms with E-state index in [1.807, 2.05) is 6.07 Å². The third kappa shape index (κ3) is 3.27. The van der Waals surface area contributed by atoms with E-state index in [0.717, 1.165) is 10.3 Å². The van der Waals surface area contributed by atoms with Gasteiger partial charge in [0.05, 0.1) is 15.3 Å². The molecule has 6 heteroatoms. The number of halogens is 1. The van der Waals surface area contributed by atoms with Gasteiger partial charge in [0.2, 0.25) is 0 Å². The fourth-order valence-electron chi connectivity index (χ4n) is 1.57. The molecule has 1 saturated heterocycles. The molecule has 0 aromatic carbocycles. The van der Waals surface area contributed by atoms with E-state index in [0.29, 0.717) is 24.6 Å². The lowest BCUT2D eigenvalue weighted by Crippen LogP contribution is -2.39. The van der Waals surface area contributed by atoms with Gasteiger partial charge < -0.3 is 0 Å². The molecule has 15 heavy (non-hydrogen) atoms. The average molecular weight is 310 g/mol. The van der Waals surface area contributed by atoms with E-state index in [1.165, 1.54) is 4.88 Å². The molecule has 1 aromatic rings. The molecule has 0 aliphatic carbocycles. The summed E-state index contributed by atoms with van der Waals surface area (Å²) in [6.07, 6.45) is 0. The zero-order valence-electron chi connectivity index (χ0n) is 8.15. The molecule has 2 heterocycles. The molecule has 0 bridgehead atoms. The number of sulfone groups is 1. The summed E-state index contributed by atoms with van der Waals surface area (Å²) >= 11 is 5.13. The Morgan fingerprint density at radius 2 is 2.00 bits per heavy atom. The molecule has 84 valence electrons. The van der Waals surface area contributed by atoms with E-state index in [4.69, 9.17) is 0 Å². The van der Waals surface area contributed by atoms with Gasteiger partial charge in [0.15, 0.2) is 9.84 Å². The third-order valence-electron chi connectivity index (χ3n) is 2.45. The van der Waals surface area contributed by atoms with Crippen LogP contribution in [-0.2, 0) is 16.4 Å². The number of hydrogen-bond acceptors (Lipinski definition) is 4. The molecule has 1 aliphatic heterocycles. The summed E-state index contributed by atoms with van der Waals surface area (Å²) in [5.41, 5.74) is 0. The van der Waals surface area contributed by atoms with Gasteiger partial charge in [-0.2, -0.15) is 0 Å². The monoisotopic (exact) mass is 309 g/mol. The van der Waals surface area contributed by atoms with Gasteiger partial charge in [-0.05, 0) is 28.1 Å². The molecule has 0 unspecified atom stereocenters. The van der Waals surface area contributed by atoms with Crippen molar-refractivity contribution in [2.45, 2.75) is 6.54 Å². The Morgan fingerprint density at radius 1 is 1.33 bits per heavy atom. The highest BCUT2D eigenvalue weighted by Crippen LogP contribution is 2.23. The molecular formula is C9H12BrNO2S2. The molecule has 3 nitrogen and oxygen atoms in total. The van der Waals surface area contributed by atoms with Crippen LogP contribution >= 0.6 is 27.3 Å². The van der Waals surface area contributed by atoms with Gasteiger partial charge in [-0.25, -0.2) is 8.42 Å². The van der Waals surface area contributed by atoms with E-state index in [2.05, 4.69) is 26.9 Å². The summed E-state index contributed by atoms with van der Waals surface area (Å²) in [7, 11) is -2.75. The van der Waals surface area contributed by atoms with Gasteiger partial charge in [-0.3, -0.25) is 4.90 Å². The predicted octanol–water partition coefficient (Wildman–Crippen LogP) is 1.74. The molecule has 0 saturated carbocycles. The molecule has 0 atom stereocenters. The number of thiophene rings is 1. The average Bonchev–Trinajstić information content (AvgIpc) is 2.55. The second kappa shape index (κ2) is 4.53. The van der Waals surface area contributed by atoms with Crippen molar-refractivity contribution in [2.75, 3.05) is 24.6 Å². The smallest absolute Gasteiger partial charge is 0.152 e. The summed E-state index contributed by atoms with van der Waals surface area (Å²) in [4.78, 5) is 3.47. The highest BCUT2D eigenvalue weighted by molar-refractivity contribution is 9.11. The van der Waals surface area contributed by atoms with Crippen LogP contribution in [0.1, 0.15) is 4.88 Å². The molecule has 0 amide bonds. The first-order valence-corrected chi connectivity index (χ1v) is 8.15. The minimum atomic E-state index is -2.75. The Kier molecular flexibility index (Phi) is 3.49. The van der Waals surface area contributed by atoms with Crippen LogP contribution in [0.3, 0.4) is 0 Å². The van der Waals surface area contributed by atoms with Gasteiger partial charge in [0.25, 0.3) is 0 Å². The summed E-state index contributed by atoms with van der Waals surface area (Å²) < 4.78 is 23.6. The maximum absolute atomic E-state index is 11.2. The van der Waals surface area contributed by atoms with Crippen LogP contribution in [0.15, 0.2) is 15.9 Å². The van der Waals surface area contributed by atoms with E-state index >= 15 is 0 Å². The molecule has 0 radical (unpaired) electrons. The zero-order chi connectivity index (χ0) is 10.9. The maximum Gasteiger partial charge on any atom is 0.152 e. The SMILES string of the molecule is O=S1(=O)CCN(Cc2ccc(Br)s2)CC1. The lowest BCUT2D eigenvalue weighted by Gasteiger charge is -2.25. The van der Waals surface area contributed by atoms with E-state index in [9.17, 15) is 8.42 Å². The van der Waals surface area contributed by atoms with Crippen molar-refractivity contribution in [3.63, 3.8) is 0 Å². The third-order valence-corrected chi connectivity index (χ3v) is 5.66. The van der Waals surface area contributed by atoms with Crippen molar-refractivity contribution in [3.05, 3.63) is 20.8 Å². The van der Waals surface area contributed by atoms with Crippen LogP contribution in [0.25, 0.3) is 0 Å². The summed E-state index contributed by atoms with van der Waals surface area (Å²) in [5.74, 6) is 0.610. The highest BCUT2D eigenvalue weighted by Gasteiger charge is 2.21. The van der Waals surface area contributed by atoms with Crippen molar-refractivity contribution in [1.82, 2.24) is 4.90 Å². The minimum Gasteiger partial charge on any atom is -0.296 e. The zero-order valence-corrected chi connectivity index (χ0v) is 11.4. The topological polar surface area (TPSA) is 37.4 Å². The second-order valence-electron chi connectivity index (χ2n) is 3.63. The van der Waals surface area contributed by atoms with Crippen LogP contribution in [0.2, 0.25) is 0 Å². The largest absolute Gasteiger partial charge is 0.296 e. The predicted molar refractivity (Wildman–Crippen MR) is 65.9 cm³/mol. The Morgan fingerprint density at radius 3 is 2.53 bits per heavy atom. The first kappa shape index (κ1) is 11.6. The summed E-state index contributed by atoms with van der Waals surface area (Å²) in [6, 6.07) is 4.11. The van der Waals surface area contributed by atoms with Crippen molar-refractivity contribution < 1.29 is 8.42 Å². The van der Waals surface area contributed by atoms with Gasteiger partial charge in [0.1, 0.15) is 0 Å². The summed E-state index contributed by atoms with van der Waals surface area (Å²) in [5, 5.41) is 0. The molecule has 1 fully saturated rings. The Labute approximate surface area is 102 Å². The fraction of sp³-hybridized carbons (Fsp3) is 0.556. The summed E-state index contributed by atoms with van der Waals surface area (Å²) in [6.45, 7) is 2.20. The maximum atomic E-state index is 11.2. The molecule has 1 aliphatic rings. The first-order valence-electron chi connectivity index (χ1n) is 4.72. The molecule has 0 spiro atoms. The lowest BCUT2D eigenvalue weighted by atomic mass is 10.4. The Balaban J connectivity index is 1.92. The van der Waals surface area contributed by atoms with E-state index < -0.39 is 9.84 Å². The Hall–Kier alpha value is 0.0900. The molecule has 2 rings (SSSR count). The van der Waals surface area contributed by atoms with Crippen LogP contribution in [-0.4, -0.2) is 37.9 Å². The van der Waals surface area contributed by atoms with Crippen molar-refractivity contribution in [1.29, 1.82) is 0 Å². The van der Waals surface area contributed by atoms with Gasteiger partial charge >= 0.3 is 0 Å². The van der Waals surface area contributed by atoms with Crippen LogP contribution in [0.5, 0.6) is 0 Å². The van der Waals surface area contributed by atoms with Crippen LogP contribution in [0, 0.1) is 0 Å². The number of rotatable bonds is 2. The van der Waals surface area contributed by atoms with Crippen LogP contribution in [0.4, 0.5) is 0 Å². The van der Waals surface area contributed by atoms with Gasteiger partial charge in [-0.1, -0.05) is 0 Å². The van der Waals surface area contributed by atoms with Crippen LogP contribution < -0.4 is 0 Å². The standard InChI is InChI=1S/C9H12BrNO2S2/c10-9-2-1-8(14-9)7-11-3-5-15(12,13)6-4-11/h1-2H,3-7H2. The quantitative estimate of drug-likeness (QED) is 0.835. The first-order chi connectivity index (χ1) is 7.05.